The van der Waals surface area contributed by atoms with Crippen molar-refractivity contribution in [2.24, 2.45) is 0 Å². The molecule has 0 aromatic heterocycles. The van der Waals surface area contributed by atoms with E-state index in [0.29, 0.717) is 0 Å². The zero-order valence-electron chi connectivity index (χ0n) is 14.3. The summed E-state index contributed by atoms with van der Waals surface area (Å²) < 4.78 is 38.4. The molecule has 26 heavy (non-hydrogen) atoms. The van der Waals surface area contributed by atoms with Crippen LogP contribution in [0.15, 0.2) is 18.2 Å². The fraction of sp³-hybridized carbons (Fsp3) is 0.438. The number of hydrogen-bond acceptors (Lipinski definition) is 6. The highest BCUT2D eigenvalue weighted by Crippen LogP contribution is 2.29. The Morgan fingerprint density at radius 1 is 1.15 bits per heavy atom. The first-order chi connectivity index (χ1) is 12.4. The zero-order chi connectivity index (χ0) is 19.5. The summed E-state index contributed by atoms with van der Waals surface area (Å²) in [5.41, 5.74) is 0.0998. The number of carbonyl (C=O) groups is 3. The maximum atomic E-state index is 12.3. The number of halogens is 2. The SMILES string of the molecule is CCOC(=O)CCNC(=O)CNC(=O)c1ccc(OC(F)F)c(OC)c1. The van der Waals surface area contributed by atoms with E-state index in [1.54, 1.807) is 6.92 Å². The number of rotatable bonds is 10. The van der Waals surface area contributed by atoms with E-state index in [1.165, 1.54) is 25.3 Å². The third kappa shape index (κ3) is 7.32. The first kappa shape index (κ1) is 21.1. The third-order valence-corrected chi connectivity index (χ3v) is 3.01. The fourth-order valence-corrected chi connectivity index (χ4v) is 1.86. The van der Waals surface area contributed by atoms with Crippen LogP contribution in [0.2, 0.25) is 0 Å². The lowest BCUT2D eigenvalue weighted by molar-refractivity contribution is -0.143. The molecule has 0 heterocycles. The molecule has 0 saturated carbocycles. The van der Waals surface area contributed by atoms with Crippen molar-refractivity contribution in [1.29, 1.82) is 0 Å². The van der Waals surface area contributed by atoms with E-state index in [9.17, 15) is 23.2 Å². The number of ether oxygens (including phenoxy) is 3. The second-order valence-corrected chi connectivity index (χ2v) is 4.83. The van der Waals surface area contributed by atoms with Crippen LogP contribution in [0.1, 0.15) is 23.7 Å². The Morgan fingerprint density at radius 3 is 2.50 bits per heavy atom. The van der Waals surface area contributed by atoms with Gasteiger partial charge in [-0.1, -0.05) is 0 Å². The summed E-state index contributed by atoms with van der Waals surface area (Å²) in [5.74, 6) is -1.79. The minimum Gasteiger partial charge on any atom is -0.493 e. The van der Waals surface area contributed by atoms with Gasteiger partial charge in [-0.2, -0.15) is 8.78 Å². The van der Waals surface area contributed by atoms with E-state index < -0.39 is 24.4 Å². The normalized spacial score (nSPS) is 10.2. The molecule has 144 valence electrons. The summed E-state index contributed by atoms with van der Waals surface area (Å²) in [4.78, 5) is 34.7. The number of hydrogen-bond donors (Lipinski definition) is 2. The molecule has 1 aromatic carbocycles. The molecule has 0 atom stereocenters. The van der Waals surface area contributed by atoms with Gasteiger partial charge >= 0.3 is 12.6 Å². The number of amides is 2. The predicted octanol–water partition coefficient (Wildman–Crippen LogP) is 1.10. The molecule has 2 amide bonds. The predicted molar refractivity (Wildman–Crippen MR) is 86.2 cm³/mol. The van der Waals surface area contributed by atoms with Crippen LogP contribution in [0, 0.1) is 0 Å². The zero-order valence-corrected chi connectivity index (χ0v) is 14.3. The Balaban J connectivity index is 2.49. The molecule has 8 nitrogen and oxygen atoms in total. The molecule has 2 N–H and O–H groups in total. The smallest absolute Gasteiger partial charge is 0.387 e. The molecule has 0 radical (unpaired) electrons. The van der Waals surface area contributed by atoms with Gasteiger partial charge in [0.2, 0.25) is 5.91 Å². The Labute approximate surface area is 148 Å². The topological polar surface area (TPSA) is 103 Å². The van der Waals surface area contributed by atoms with Gasteiger partial charge in [0.25, 0.3) is 5.91 Å². The summed E-state index contributed by atoms with van der Waals surface area (Å²) in [6.07, 6.45) is 0.0241. The Bertz CT molecular complexity index is 639. The lowest BCUT2D eigenvalue weighted by Gasteiger charge is -2.11. The number of benzene rings is 1. The van der Waals surface area contributed by atoms with Gasteiger partial charge < -0.3 is 24.8 Å². The van der Waals surface area contributed by atoms with E-state index in [0.717, 1.165) is 0 Å². The van der Waals surface area contributed by atoms with Crippen LogP contribution >= 0.6 is 0 Å². The molecular formula is C16H20F2N2O6. The highest BCUT2D eigenvalue weighted by Gasteiger charge is 2.15. The van der Waals surface area contributed by atoms with E-state index in [2.05, 4.69) is 15.4 Å². The van der Waals surface area contributed by atoms with Crippen LogP contribution in [-0.2, 0) is 14.3 Å². The van der Waals surface area contributed by atoms with Crippen molar-refractivity contribution < 1.29 is 37.4 Å². The molecular weight excluding hydrogens is 354 g/mol. The van der Waals surface area contributed by atoms with Crippen LogP contribution in [-0.4, -0.2) is 51.2 Å². The van der Waals surface area contributed by atoms with Crippen molar-refractivity contribution in [1.82, 2.24) is 10.6 Å². The minimum atomic E-state index is -3.03. The molecule has 1 aromatic rings. The highest BCUT2D eigenvalue weighted by molar-refractivity contribution is 5.97. The first-order valence-electron chi connectivity index (χ1n) is 7.70. The van der Waals surface area contributed by atoms with Gasteiger partial charge in [0.05, 0.1) is 26.7 Å². The molecule has 0 aliphatic rings. The summed E-state index contributed by atoms with van der Waals surface area (Å²) in [7, 11) is 1.24. The molecule has 1 rings (SSSR count). The van der Waals surface area contributed by atoms with Gasteiger partial charge in [-0.3, -0.25) is 14.4 Å². The van der Waals surface area contributed by atoms with E-state index in [-0.39, 0.29) is 43.2 Å². The Hall–Kier alpha value is -2.91. The average molecular weight is 374 g/mol. The molecule has 0 saturated heterocycles. The van der Waals surface area contributed by atoms with Gasteiger partial charge in [0.1, 0.15) is 0 Å². The van der Waals surface area contributed by atoms with Crippen molar-refractivity contribution in [2.75, 3.05) is 26.8 Å². The third-order valence-electron chi connectivity index (χ3n) is 3.01. The molecule has 0 aliphatic carbocycles. The molecule has 0 unspecified atom stereocenters. The number of nitrogens with one attached hydrogen (secondary N) is 2. The summed E-state index contributed by atoms with van der Waals surface area (Å²) in [6.45, 7) is -1.33. The van der Waals surface area contributed by atoms with Gasteiger partial charge in [0.15, 0.2) is 11.5 Å². The van der Waals surface area contributed by atoms with E-state index >= 15 is 0 Å². The summed E-state index contributed by atoms with van der Waals surface area (Å²) >= 11 is 0. The lowest BCUT2D eigenvalue weighted by atomic mass is 10.2. The monoisotopic (exact) mass is 374 g/mol. The molecule has 0 bridgehead atoms. The largest absolute Gasteiger partial charge is 0.493 e. The minimum absolute atomic E-state index is 0.0241. The van der Waals surface area contributed by atoms with E-state index in [1.807, 2.05) is 0 Å². The Morgan fingerprint density at radius 2 is 1.88 bits per heavy atom. The number of esters is 1. The van der Waals surface area contributed by atoms with E-state index in [4.69, 9.17) is 9.47 Å². The van der Waals surface area contributed by atoms with Crippen LogP contribution in [0.4, 0.5) is 8.78 Å². The quantitative estimate of drug-likeness (QED) is 0.595. The van der Waals surface area contributed by atoms with Crippen molar-refractivity contribution in [2.45, 2.75) is 20.0 Å². The van der Waals surface area contributed by atoms with Crippen molar-refractivity contribution >= 4 is 17.8 Å². The molecule has 0 aliphatic heterocycles. The number of methoxy groups -OCH3 is 1. The molecule has 0 spiro atoms. The van der Waals surface area contributed by atoms with Crippen molar-refractivity contribution in [3.8, 4) is 11.5 Å². The fourth-order valence-electron chi connectivity index (χ4n) is 1.86. The van der Waals surface area contributed by atoms with Gasteiger partial charge in [-0.15, -0.1) is 0 Å². The number of alkyl halides is 2. The van der Waals surface area contributed by atoms with Crippen LogP contribution in [0.25, 0.3) is 0 Å². The van der Waals surface area contributed by atoms with Crippen LogP contribution < -0.4 is 20.1 Å². The first-order valence-corrected chi connectivity index (χ1v) is 7.70. The van der Waals surface area contributed by atoms with Crippen molar-refractivity contribution in [3.05, 3.63) is 23.8 Å². The number of carbonyl (C=O) groups excluding carboxylic acids is 3. The maximum absolute atomic E-state index is 12.3. The van der Waals surface area contributed by atoms with Gasteiger partial charge in [0, 0.05) is 12.1 Å². The van der Waals surface area contributed by atoms with Crippen molar-refractivity contribution in [3.63, 3.8) is 0 Å². The molecule has 10 heteroatoms. The van der Waals surface area contributed by atoms with Gasteiger partial charge in [-0.05, 0) is 25.1 Å². The maximum Gasteiger partial charge on any atom is 0.387 e. The average Bonchev–Trinajstić information content (AvgIpc) is 2.59. The molecule has 0 fully saturated rings. The van der Waals surface area contributed by atoms with Crippen LogP contribution in [0.5, 0.6) is 11.5 Å². The summed E-state index contributed by atoms with van der Waals surface area (Å²) in [5, 5.41) is 4.81. The lowest BCUT2D eigenvalue weighted by Crippen LogP contribution is -2.37. The second-order valence-electron chi connectivity index (χ2n) is 4.83. The standard InChI is InChI=1S/C16H20F2N2O6/c1-3-25-14(22)6-7-19-13(21)9-20-15(23)10-4-5-11(26-16(17)18)12(8-10)24-2/h4-5,8,16H,3,6-7,9H2,1-2H3,(H,19,21)(H,20,23). The second kappa shape index (κ2) is 10.9. The Kier molecular flexibility index (Phi) is 8.82. The van der Waals surface area contributed by atoms with Crippen LogP contribution in [0.3, 0.4) is 0 Å². The summed E-state index contributed by atoms with van der Waals surface area (Å²) in [6, 6.07) is 3.64. The highest BCUT2D eigenvalue weighted by atomic mass is 19.3. The van der Waals surface area contributed by atoms with Gasteiger partial charge in [-0.25, -0.2) is 0 Å².